The molecule has 0 amide bonds. The van der Waals surface area contributed by atoms with Crippen LogP contribution in [0.25, 0.3) is 0 Å². The first kappa shape index (κ1) is 11.4. The van der Waals surface area contributed by atoms with Crippen LogP contribution >= 0.6 is 11.3 Å². The molecule has 0 radical (unpaired) electrons. The number of rotatable bonds is 5. The van der Waals surface area contributed by atoms with Gasteiger partial charge in [-0.25, -0.2) is 0 Å². The van der Waals surface area contributed by atoms with Crippen molar-refractivity contribution in [1.82, 2.24) is 0 Å². The monoisotopic (exact) mass is 212 g/mol. The highest BCUT2D eigenvalue weighted by Gasteiger charge is 2.13. The molecule has 0 aliphatic rings. The van der Waals surface area contributed by atoms with E-state index in [2.05, 4.69) is 0 Å². The lowest BCUT2D eigenvalue weighted by molar-refractivity contribution is -0.122. The third-order valence-corrected chi connectivity index (χ3v) is 3.35. The molecule has 0 spiro atoms. The van der Waals surface area contributed by atoms with Gasteiger partial charge in [-0.2, -0.15) is 0 Å². The quantitative estimate of drug-likeness (QED) is 0.813. The Morgan fingerprint density at radius 2 is 2.36 bits per heavy atom. The van der Waals surface area contributed by atoms with Crippen molar-refractivity contribution in [2.45, 2.75) is 33.3 Å². The maximum atomic E-state index is 11.4. The zero-order chi connectivity index (χ0) is 10.6. The standard InChI is InChI=1S/C11H16O2S/c1-3-10(13)8(2)6-9-4-5-14-11(9)7-12/h4-5,8,12H,3,6-7H2,1-2H3. The van der Waals surface area contributed by atoms with Crippen LogP contribution in [-0.2, 0) is 17.8 Å². The van der Waals surface area contributed by atoms with Crippen LogP contribution in [0.5, 0.6) is 0 Å². The molecule has 1 heterocycles. The molecule has 1 unspecified atom stereocenters. The molecule has 0 aromatic carbocycles. The SMILES string of the molecule is CCC(=O)C(C)Cc1ccsc1CO. The smallest absolute Gasteiger partial charge is 0.135 e. The Kier molecular flexibility index (Phi) is 4.29. The number of hydrogen-bond acceptors (Lipinski definition) is 3. The van der Waals surface area contributed by atoms with Gasteiger partial charge in [0.1, 0.15) is 5.78 Å². The molecular weight excluding hydrogens is 196 g/mol. The van der Waals surface area contributed by atoms with Gasteiger partial charge in [-0.15, -0.1) is 11.3 Å². The number of carbonyl (C=O) groups excluding carboxylic acids is 1. The summed E-state index contributed by atoms with van der Waals surface area (Å²) in [5, 5.41) is 11.0. The number of aliphatic hydroxyl groups is 1. The van der Waals surface area contributed by atoms with Crippen molar-refractivity contribution >= 4 is 17.1 Å². The van der Waals surface area contributed by atoms with E-state index in [4.69, 9.17) is 5.11 Å². The molecule has 1 N–H and O–H groups in total. The zero-order valence-corrected chi connectivity index (χ0v) is 9.43. The van der Waals surface area contributed by atoms with E-state index in [0.717, 1.165) is 16.9 Å². The molecule has 14 heavy (non-hydrogen) atoms. The fourth-order valence-corrected chi connectivity index (χ4v) is 2.25. The van der Waals surface area contributed by atoms with E-state index >= 15 is 0 Å². The van der Waals surface area contributed by atoms with Gasteiger partial charge in [0.05, 0.1) is 6.61 Å². The molecule has 1 rings (SSSR count). The topological polar surface area (TPSA) is 37.3 Å². The number of hydrogen-bond donors (Lipinski definition) is 1. The molecule has 1 atom stereocenters. The minimum atomic E-state index is 0.0694. The normalized spacial score (nSPS) is 12.8. The summed E-state index contributed by atoms with van der Waals surface area (Å²) in [5.41, 5.74) is 1.12. The van der Waals surface area contributed by atoms with Gasteiger partial charge in [0.25, 0.3) is 0 Å². The van der Waals surface area contributed by atoms with Crippen molar-refractivity contribution in [2.24, 2.45) is 5.92 Å². The van der Waals surface area contributed by atoms with Crippen LogP contribution < -0.4 is 0 Å². The largest absolute Gasteiger partial charge is 0.391 e. The van der Waals surface area contributed by atoms with Gasteiger partial charge in [0.15, 0.2) is 0 Å². The summed E-state index contributed by atoms with van der Waals surface area (Å²) in [6.45, 7) is 3.92. The average molecular weight is 212 g/mol. The summed E-state index contributed by atoms with van der Waals surface area (Å²) >= 11 is 1.55. The van der Waals surface area contributed by atoms with Crippen molar-refractivity contribution < 1.29 is 9.90 Å². The van der Waals surface area contributed by atoms with Crippen molar-refractivity contribution in [2.75, 3.05) is 0 Å². The Hall–Kier alpha value is -0.670. The van der Waals surface area contributed by atoms with E-state index in [9.17, 15) is 4.79 Å². The summed E-state index contributed by atoms with van der Waals surface area (Å²) < 4.78 is 0. The van der Waals surface area contributed by atoms with Gasteiger partial charge in [-0.1, -0.05) is 13.8 Å². The first-order chi connectivity index (χ1) is 6.69. The minimum Gasteiger partial charge on any atom is -0.391 e. The molecule has 0 saturated heterocycles. The van der Waals surface area contributed by atoms with Crippen LogP contribution in [0.15, 0.2) is 11.4 Å². The molecule has 0 bridgehead atoms. The van der Waals surface area contributed by atoms with Crippen molar-refractivity contribution in [3.05, 3.63) is 21.9 Å². The summed E-state index contributed by atoms with van der Waals surface area (Å²) in [7, 11) is 0. The molecule has 0 aliphatic carbocycles. The van der Waals surface area contributed by atoms with Crippen molar-refractivity contribution in [3.8, 4) is 0 Å². The highest BCUT2D eigenvalue weighted by Crippen LogP contribution is 2.20. The van der Waals surface area contributed by atoms with E-state index in [1.165, 1.54) is 0 Å². The van der Waals surface area contributed by atoms with Crippen LogP contribution in [0, 0.1) is 5.92 Å². The second kappa shape index (κ2) is 5.27. The predicted molar refractivity (Wildman–Crippen MR) is 58.4 cm³/mol. The summed E-state index contributed by atoms with van der Waals surface area (Å²) in [4.78, 5) is 12.4. The second-order valence-corrected chi connectivity index (χ2v) is 4.45. The van der Waals surface area contributed by atoms with E-state index in [1.807, 2.05) is 25.3 Å². The minimum absolute atomic E-state index is 0.0694. The molecule has 3 heteroatoms. The van der Waals surface area contributed by atoms with E-state index in [-0.39, 0.29) is 12.5 Å². The lowest BCUT2D eigenvalue weighted by Gasteiger charge is -2.08. The first-order valence-corrected chi connectivity index (χ1v) is 5.75. The van der Waals surface area contributed by atoms with Crippen LogP contribution in [0.4, 0.5) is 0 Å². The fraction of sp³-hybridized carbons (Fsp3) is 0.545. The molecule has 1 aromatic heterocycles. The Morgan fingerprint density at radius 1 is 1.64 bits per heavy atom. The molecule has 1 aromatic rings. The number of aliphatic hydroxyl groups excluding tert-OH is 1. The van der Waals surface area contributed by atoms with Gasteiger partial charge < -0.3 is 5.11 Å². The zero-order valence-electron chi connectivity index (χ0n) is 8.62. The number of Topliss-reactive ketones (excluding diaryl/α,β-unsaturated/α-hetero) is 1. The number of carbonyl (C=O) groups is 1. The van der Waals surface area contributed by atoms with Gasteiger partial charge in [0, 0.05) is 17.2 Å². The Bertz CT molecular complexity index is 304. The highest BCUT2D eigenvalue weighted by molar-refractivity contribution is 7.10. The summed E-state index contributed by atoms with van der Waals surface area (Å²) in [6, 6.07) is 2.00. The van der Waals surface area contributed by atoms with Crippen LogP contribution in [0.2, 0.25) is 0 Å². The predicted octanol–water partition coefficient (Wildman–Crippen LogP) is 2.40. The van der Waals surface area contributed by atoms with Gasteiger partial charge in [0.2, 0.25) is 0 Å². The van der Waals surface area contributed by atoms with Gasteiger partial charge >= 0.3 is 0 Å². The highest BCUT2D eigenvalue weighted by atomic mass is 32.1. The van der Waals surface area contributed by atoms with E-state index in [1.54, 1.807) is 11.3 Å². The summed E-state index contributed by atoms with van der Waals surface area (Å²) in [6.07, 6.45) is 1.35. The average Bonchev–Trinajstić information content (AvgIpc) is 2.63. The first-order valence-electron chi connectivity index (χ1n) is 4.87. The van der Waals surface area contributed by atoms with E-state index < -0.39 is 0 Å². The Labute approximate surface area is 88.6 Å². The van der Waals surface area contributed by atoms with Crippen LogP contribution in [0.3, 0.4) is 0 Å². The fourth-order valence-electron chi connectivity index (χ4n) is 1.48. The maximum absolute atomic E-state index is 11.4. The van der Waals surface area contributed by atoms with Crippen molar-refractivity contribution in [3.63, 3.8) is 0 Å². The Balaban J connectivity index is 2.64. The van der Waals surface area contributed by atoms with Gasteiger partial charge in [-0.3, -0.25) is 4.79 Å². The third-order valence-electron chi connectivity index (χ3n) is 2.41. The van der Waals surface area contributed by atoms with Crippen molar-refractivity contribution in [1.29, 1.82) is 0 Å². The van der Waals surface area contributed by atoms with E-state index in [0.29, 0.717) is 12.2 Å². The molecule has 0 fully saturated rings. The molecule has 2 nitrogen and oxygen atoms in total. The molecule has 0 aliphatic heterocycles. The summed E-state index contributed by atoms with van der Waals surface area (Å²) in [5.74, 6) is 0.361. The number of thiophene rings is 1. The van der Waals surface area contributed by atoms with Crippen LogP contribution in [-0.4, -0.2) is 10.9 Å². The maximum Gasteiger partial charge on any atom is 0.135 e. The molecular formula is C11H16O2S. The van der Waals surface area contributed by atoms with Gasteiger partial charge in [-0.05, 0) is 23.4 Å². The third kappa shape index (κ3) is 2.66. The molecule has 0 saturated carbocycles. The molecule has 78 valence electrons. The number of ketones is 1. The van der Waals surface area contributed by atoms with Crippen LogP contribution in [0.1, 0.15) is 30.7 Å². The second-order valence-electron chi connectivity index (χ2n) is 3.45. The lowest BCUT2D eigenvalue weighted by atomic mass is 9.96. The Morgan fingerprint density at radius 3 is 2.93 bits per heavy atom. The lowest BCUT2D eigenvalue weighted by Crippen LogP contribution is -2.12.